The first kappa shape index (κ1) is 14.7. The zero-order valence-corrected chi connectivity index (χ0v) is 13.5. The van der Waals surface area contributed by atoms with Crippen molar-refractivity contribution in [3.63, 3.8) is 0 Å². The van der Waals surface area contributed by atoms with Gasteiger partial charge in [-0.05, 0) is 18.1 Å². The van der Waals surface area contributed by atoms with E-state index in [1.807, 2.05) is 30.5 Å². The number of aliphatic carboxylic acids is 1. The topological polar surface area (TPSA) is 82.6 Å². The van der Waals surface area contributed by atoms with Gasteiger partial charge in [0.15, 0.2) is 0 Å². The molecule has 2 bridgehead atoms. The van der Waals surface area contributed by atoms with Gasteiger partial charge in [-0.25, -0.2) is 0 Å². The van der Waals surface area contributed by atoms with Crippen molar-refractivity contribution in [1.82, 2.24) is 9.88 Å². The van der Waals surface area contributed by atoms with Crippen molar-refractivity contribution in [2.24, 2.45) is 11.8 Å². The number of amides is 1. The third kappa shape index (κ3) is 1.94. The van der Waals surface area contributed by atoms with Crippen molar-refractivity contribution < 1.29 is 19.4 Å². The number of carbonyl (C=O) groups excluding carboxylic acids is 1. The minimum atomic E-state index is -0.951. The second-order valence-electron chi connectivity index (χ2n) is 7.11. The van der Waals surface area contributed by atoms with Gasteiger partial charge in [-0.3, -0.25) is 9.59 Å². The number of fused-ring (bicyclic) bond motifs is 2. The van der Waals surface area contributed by atoms with Crippen LogP contribution in [-0.4, -0.2) is 51.7 Å². The number of nitrogens with zero attached hydrogens (tertiary/aromatic N) is 1. The van der Waals surface area contributed by atoms with Gasteiger partial charge in [0.25, 0.3) is 0 Å². The molecule has 1 aromatic carbocycles. The molecule has 0 unspecified atom stereocenters. The molecule has 3 aliphatic heterocycles. The molecule has 2 fully saturated rings. The number of carboxylic acids is 1. The lowest BCUT2D eigenvalue weighted by atomic mass is 9.77. The van der Waals surface area contributed by atoms with Gasteiger partial charge in [0.05, 0.1) is 18.6 Å². The monoisotopic (exact) mass is 338 g/mol. The number of ether oxygens (including phenoxy) is 1. The number of hydrogen-bond acceptors (Lipinski definition) is 3. The molecule has 0 aliphatic carbocycles. The maximum atomic E-state index is 12.9. The first-order valence-corrected chi connectivity index (χ1v) is 8.53. The highest BCUT2D eigenvalue weighted by molar-refractivity contribution is 5.91. The lowest BCUT2D eigenvalue weighted by Gasteiger charge is -2.21. The number of aromatic amines is 1. The number of benzene rings is 1. The van der Waals surface area contributed by atoms with E-state index in [9.17, 15) is 14.7 Å². The highest BCUT2D eigenvalue weighted by Crippen LogP contribution is 2.51. The number of hydrogen-bond donors (Lipinski definition) is 2. The minimum absolute atomic E-state index is 0.0981. The molecule has 1 spiro atoms. The summed E-state index contributed by atoms with van der Waals surface area (Å²) in [5.41, 5.74) is 1.50. The standard InChI is InChI=1S/C19H18N2O4/c22-17-16-15(18(23)24)14-5-7-19(16,25-14)10-21(17)8-6-11-9-20-13-4-2-1-3-12(11)13/h1-5,7,9,14-16,20H,6,8,10H2,(H,23,24)/t14-,15+,16+,19+/m1/s1. The Morgan fingerprint density at radius 1 is 1.40 bits per heavy atom. The summed E-state index contributed by atoms with van der Waals surface area (Å²) in [5.74, 6) is -2.41. The van der Waals surface area contributed by atoms with E-state index in [1.54, 1.807) is 11.0 Å². The number of carbonyl (C=O) groups is 2. The number of aromatic nitrogens is 1. The molecule has 2 N–H and O–H groups in total. The number of likely N-dealkylation sites (tertiary alicyclic amines) is 1. The smallest absolute Gasteiger partial charge is 0.310 e. The summed E-state index contributed by atoms with van der Waals surface area (Å²) in [4.78, 5) is 29.4. The summed E-state index contributed by atoms with van der Waals surface area (Å²) >= 11 is 0. The molecule has 25 heavy (non-hydrogen) atoms. The second kappa shape index (κ2) is 4.95. The first-order valence-electron chi connectivity index (χ1n) is 8.53. The Kier molecular flexibility index (Phi) is 2.92. The predicted molar refractivity (Wildman–Crippen MR) is 89.9 cm³/mol. The Morgan fingerprint density at radius 2 is 2.24 bits per heavy atom. The molecule has 5 rings (SSSR count). The Hall–Kier alpha value is -2.60. The molecule has 128 valence electrons. The van der Waals surface area contributed by atoms with Gasteiger partial charge < -0.3 is 19.7 Å². The van der Waals surface area contributed by atoms with Crippen LogP contribution < -0.4 is 0 Å². The molecule has 2 aromatic rings. The van der Waals surface area contributed by atoms with Crippen molar-refractivity contribution in [3.8, 4) is 0 Å². The lowest BCUT2D eigenvalue weighted by molar-refractivity contribution is -0.148. The number of rotatable bonds is 4. The second-order valence-corrected chi connectivity index (χ2v) is 7.11. The van der Waals surface area contributed by atoms with Crippen molar-refractivity contribution in [3.05, 3.63) is 48.2 Å². The molecular formula is C19H18N2O4. The van der Waals surface area contributed by atoms with Gasteiger partial charge in [0.2, 0.25) is 5.91 Å². The molecular weight excluding hydrogens is 320 g/mol. The van der Waals surface area contributed by atoms with Gasteiger partial charge >= 0.3 is 5.97 Å². The molecule has 4 heterocycles. The van der Waals surface area contributed by atoms with Crippen LogP contribution in [0.25, 0.3) is 10.9 Å². The maximum absolute atomic E-state index is 12.9. The summed E-state index contributed by atoms with van der Waals surface area (Å²) in [7, 11) is 0. The average Bonchev–Trinajstić information content (AvgIpc) is 3.33. The Morgan fingerprint density at radius 3 is 3.08 bits per heavy atom. The first-order chi connectivity index (χ1) is 12.1. The van der Waals surface area contributed by atoms with Crippen LogP contribution in [0.1, 0.15) is 5.56 Å². The molecule has 0 saturated carbocycles. The van der Waals surface area contributed by atoms with E-state index < -0.39 is 29.5 Å². The van der Waals surface area contributed by atoms with E-state index in [-0.39, 0.29) is 5.91 Å². The van der Waals surface area contributed by atoms with Gasteiger partial charge in [0, 0.05) is 23.6 Å². The summed E-state index contributed by atoms with van der Waals surface area (Å²) in [5, 5.41) is 10.7. The van der Waals surface area contributed by atoms with Crippen molar-refractivity contribution >= 4 is 22.8 Å². The number of nitrogens with one attached hydrogen (secondary N) is 1. The largest absolute Gasteiger partial charge is 0.481 e. The zero-order chi connectivity index (χ0) is 17.2. The number of para-hydroxylation sites is 1. The van der Waals surface area contributed by atoms with Crippen molar-refractivity contribution in [2.75, 3.05) is 13.1 Å². The molecule has 6 nitrogen and oxygen atoms in total. The van der Waals surface area contributed by atoms with Gasteiger partial charge in [0.1, 0.15) is 11.5 Å². The number of H-pyrrole nitrogens is 1. The Balaban J connectivity index is 1.37. The van der Waals surface area contributed by atoms with Crippen molar-refractivity contribution in [2.45, 2.75) is 18.1 Å². The van der Waals surface area contributed by atoms with Crippen LogP contribution in [0.3, 0.4) is 0 Å². The molecule has 4 atom stereocenters. The predicted octanol–water partition coefficient (Wildman–Crippen LogP) is 1.58. The highest BCUT2D eigenvalue weighted by Gasteiger charge is 2.66. The summed E-state index contributed by atoms with van der Waals surface area (Å²) in [6.45, 7) is 1.00. The van der Waals surface area contributed by atoms with Crippen LogP contribution in [0.15, 0.2) is 42.6 Å². The Bertz CT molecular complexity index is 917. The minimum Gasteiger partial charge on any atom is -0.481 e. The molecule has 3 aliphatic rings. The van der Waals surface area contributed by atoms with Crippen molar-refractivity contribution in [1.29, 1.82) is 0 Å². The average molecular weight is 338 g/mol. The van der Waals surface area contributed by atoms with Crippen LogP contribution in [0.2, 0.25) is 0 Å². The summed E-state index contributed by atoms with van der Waals surface area (Å²) in [6.07, 6.45) is 5.93. The van der Waals surface area contributed by atoms with Crippen LogP contribution in [0.5, 0.6) is 0 Å². The van der Waals surface area contributed by atoms with Crippen LogP contribution in [0, 0.1) is 11.8 Å². The van der Waals surface area contributed by atoms with E-state index in [4.69, 9.17) is 4.74 Å². The fourth-order valence-electron chi connectivity index (χ4n) is 4.64. The van der Waals surface area contributed by atoms with E-state index >= 15 is 0 Å². The van der Waals surface area contributed by atoms with Crippen LogP contribution in [0.4, 0.5) is 0 Å². The Labute approximate surface area is 144 Å². The van der Waals surface area contributed by atoms with Gasteiger partial charge in [-0.2, -0.15) is 0 Å². The molecule has 2 saturated heterocycles. The zero-order valence-electron chi connectivity index (χ0n) is 13.5. The fourth-order valence-corrected chi connectivity index (χ4v) is 4.64. The van der Waals surface area contributed by atoms with Gasteiger partial charge in [-0.1, -0.05) is 30.4 Å². The van der Waals surface area contributed by atoms with E-state index in [2.05, 4.69) is 11.1 Å². The summed E-state index contributed by atoms with van der Waals surface area (Å²) < 4.78 is 5.91. The van der Waals surface area contributed by atoms with Crippen LogP contribution in [-0.2, 0) is 20.7 Å². The third-order valence-corrected chi connectivity index (χ3v) is 5.79. The van der Waals surface area contributed by atoms with Crippen LogP contribution >= 0.6 is 0 Å². The quantitative estimate of drug-likeness (QED) is 0.829. The lowest BCUT2D eigenvalue weighted by Crippen LogP contribution is -2.39. The molecule has 1 aromatic heterocycles. The fraction of sp³-hybridized carbons (Fsp3) is 0.368. The maximum Gasteiger partial charge on any atom is 0.310 e. The van der Waals surface area contributed by atoms with E-state index in [1.165, 1.54) is 0 Å². The molecule has 1 amide bonds. The van der Waals surface area contributed by atoms with E-state index in [0.717, 1.165) is 22.9 Å². The SMILES string of the molecule is O=C(O)[C@@H]1[C@H]2C(=O)N(CCc3c[nH]c4ccccc34)C[C@@]23C=C[C@H]1O3. The van der Waals surface area contributed by atoms with E-state index in [0.29, 0.717) is 13.1 Å². The molecule has 0 radical (unpaired) electrons. The summed E-state index contributed by atoms with van der Waals surface area (Å²) in [6, 6.07) is 8.07. The third-order valence-electron chi connectivity index (χ3n) is 5.79. The normalized spacial score (nSPS) is 32.7. The molecule has 6 heteroatoms. The van der Waals surface area contributed by atoms with Gasteiger partial charge in [-0.15, -0.1) is 0 Å². The number of carboxylic acid groups (broad SMARTS) is 1. The highest BCUT2D eigenvalue weighted by atomic mass is 16.5.